The van der Waals surface area contributed by atoms with Gasteiger partial charge in [0, 0.05) is 24.1 Å². The van der Waals surface area contributed by atoms with Gasteiger partial charge in [0.15, 0.2) is 11.2 Å². The molecule has 0 amide bonds. The van der Waals surface area contributed by atoms with Crippen LogP contribution in [0.1, 0.15) is 34.7 Å². The summed E-state index contributed by atoms with van der Waals surface area (Å²) in [5, 5.41) is 22.0. The summed E-state index contributed by atoms with van der Waals surface area (Å²) in [7, 11) is 0. The Morgan fingerprint density at radius 1 is 1.14 bits per heavy atom. The van der Waals surface area contributed by atoms with Crippen molar-refractivity contribution < 1.29 is 9.84 Å². The molecule has 0 radical (unpaired) electrons. The van der Waals surface area contributed by atoms with Gasteiger partial charge in [0.2, 0.25) is 0 Å². The molecule has 0 saturated heterocycles. The standard InChI is InChI=1S/C24H17ClN2O2/c25-17-10-20-22(27-13-17)23(28)19-11-18(19)21(15-4-2-1-3-5-15)24(23,29-20)16-8-6-14(12-26)7-9-16/h1-10,13,18-19,21,28H,11H2. The normalized spacial score (nSPS) is 33.2. The smallest absolute Gasteiger partial charge is 0.176 e. The fraction of sp³-hybridized carbons (Fsp3) is 0.250. The molecule has 0 bridgehead atoms. The van der Waals surface area contributed by atoms with Crippen LogP contribution in [0.3, 0.4) is 0 Å². The van der Waals surface area contributed by atoms with E-state index in [1.54, 1.807) is 24.4 Å². The van der Waals surface area contributed by atoms with E-state index < -0.39 is 11.2 Å². The summed E-state index contributed by atoms with van der Waals surface area (Å²) in [5.41, 5.74) is 0.887. The zero-order valence-corrected chi connectivity index (χ0v) is 16.2. The lowest BCUT2D eigenvalue weighted by atomic mass is 9.69. The van der Waals surface area contributed by atoms with E-state index in [9.17, 15) is 10.4 Å². The summed E-state index contributed by atoms with van der Waals surface area (Å²) in [5.74, 6) is 0.886. The second-order valence-corrected chi connectivity index (χ2v) is 8.62. The molecular formula is C24H17ClN2O2. The van der Waals surface area contributed by atoms with Crippen molar-refractivity contribution >= 4 is 11.6 Å². The Labute approximate surface area is 173 Å². The second-order valence-electron chi connectivity index (χ2n) is 8.19. The maximum Gasteiger partial charge on any atom is 0.176 e. The Kier molecular flexibility index (Phi) is 3.29. The maximum absolute atomic E-state index is 12.3. The minimum absolute atomic E-state index is 0.0281. The molecule has 5 atom stereocenters. The quantitative estimate of drug-likeness (QED) is 0.687. The average molecular weight is 401 g/mol. The molecule has 1 aliphatic heterocycles. The first kappa shape index (κ1) is 17.0. The fourth-order valence-electron chi connectivity index (χ4n) is 5.72. The van der Waals surface area contributed by atoms with Gasteiger partial charge in [0.25, 0.3) is 0 Å². The number of rotatable bonds is 2. The van der Waals surface area contributed by atoms with Crippen LogP contribution in [-0.4, -0.2) is 10.1 Å². The first-order valence-corrected chi connectivity index (χ1v) is 10.1. The van der Waals surface area contributed by atoms with Crippen LogP contribution < -0.4 is 4.74 Å². The lowest BCUT2D eigenvalue weighted by Crippen LogP contribution is -2.51. The maximum atomic E-state index is 12.3. The molecule has 1 N–H and O–H groups in total. The van der Waals surface area contributed by atoms with Gasteiger partial charge in [0.05, 0.1) is 16.7 Å². The number of pyridine rings is 1. The monoisotopic (exact) mass is 400 g/mol. The van der Waals surface area contributed by atoms with E-state index in [2.05, 4.69) is 23.2 Å². The number of hydrogen-bond acceptors (Lipinski definition) is 4. The predicted octanol–water partition coefficient (Wildman–Crippen LogP) is 4.52. The Hall–Kier alpha value is -2.87. The summed E-state index contributed by atoms with van der Waals surface area (Å²) in [6.45, 7) is 0. The molecule has 0 spiro atoms. The summed E-state index contributed by atoms with van der Waals surface area (Å²) in [6, 6.07) is 21.5. The minimum atomic E-state index is -1.24. The number of nitriles is 1. The third kappa shape index (κ3) is 1.99. The highest BCUT2D eigenvalue weighted by molar-refractivity contribution is 6.30. The molecule has 5 unspecified atom stereocenters. The van der Waals surface area contributed by atoms with Crippen LogP contribution in [0.4, 0.5) is 0 Å². The molecule has 3 aliphatic rings. The topological polar surface area (TPSA) is 66.1 Å². The molecule has 2 saturated carbocycles. The van der Waals surface area contributed by atoms with Gasteiger partial charge in [-0.2, -0.15) is 5.26 Å². The van der Waals surface area contributed by atoms with Crippen LogP contribution in [0.2, 0.25) is 5.02 Å². The number of benzene rings is 2. The fourth-order valence-corrected chi connectivity index (χ4v) is 5.87. The SMILES string of the molecule is N#Cc1ccc(C23Oc4cc(Cl)cnc4C2(O)C2CC2C3c2ccccc2)cc1. The van der Waals surface area contributed by atoms with Gasteiger partial charge in [-0.15, -0.1) is 0 Å². The largest absolute Gasteiger partial charge is 0.476 e. The van der Waals surface area contributed by atoms with Crippen LogP contribution in [0.15, 0.2) is 66.9 Å². The van der Waals surface area contributed by atoms with E-state index in [0.29, 0.717) is 27.9 Å². The molecule has 29 heavy (non-hydrogen) atoms. The van der Waals surface area contributed by atoms with Gasteiger partial charge in [-0.25, -0.2) is 0 Å². The number of aromatic nitrogens is 1. The lowest BCUT2D eigenvalue weighted by Gasteiger charge is -2.42. The molecular weight excluding hydrogens is 384 g/mol. The van der Waals surface area contributed by atoms with Gasteiger partial charge < -0.3 is 9.84 Å². The number of ether oxygens (including phenoxy) is 1. The molecule has 2 aliphatic carbocycles. The second kappa shape index (κ2) is 5.60. The van der Waals surface area contributed by atoms with Crippen molar-refractivity contribution in [2.24, 2.45) is 11.8 Å². The first-order valence-electron chi connectivity index (χ1n) is 9.72. The van der Waals surface area contributed by atoms with E-state index in [1.165, 1.54) is 0 Å². The summed E-state index contributed by atoms with van der Waals surface area (Å²) in [6.07, 6.45) is 2.50. The molecule has 2 aromatic carbocycles. The zero-order valence-electron chi connectivity index (χ0n) is 15.4. The third-order valence-corrected chi connectivity index (χ3v) is 7.07. The summed E-state index contributed by atoms with van der Waals surface area (Å²) in [4.78, 5) is 4.52. The highest BCUT2D eigenvalue weighted by Gasteiger charge is 2.81. The number of aliphatic hydroxyl groups is 1. The highest BCUT2D eigenvalue weighted by atomic mass is 35.5. The van der Waals surface area contributed by atoms with Crippen molar-refractivity contribution in [3.8, 4) is 11.8 Å². The van der Waals surface area contributed by atoms with Crippen LogP contribution in [0.25, 0.3) is 0 Å². The van der Waals surface area contributed by atoms with Crippen LogP contribution in [0.5, 0.6) is 5.75 Å². The third-order valence-electron chi connectivity index (χ3n) is 6.86. The Morgan fingerprint density at radius 3 is 2.62 bits per heavy atom. The zero-order chi connectivity index (χ0) is 19.8. The van der Waals surface area contributed by atoms with Gasteiger partial charge in [-0.1, -0.05) is 54.1 Å². The minimum Gasteiger partial charge on any atom is -0.476 e. The van der Waals surface area contributed by atoms with Crippen LogP contribution in [-0.2, 0) is 11.2 Å². The van der Waals surface area contributed by atoms with Crippen molar-refractivity contribution in [3.05, 3.63) is 94.3 Å². The molecule has 2 fully saturated rings. The highest BCUT2D eigenvalue weighted by Crippen LogP contribution is 2.78. The summed E-state index contributed by atoms with van der Waals surface area (Å²) >= 11 is 6.20. The van der Waals surface area contributed by atoms with Crippen LogP contribution in [0, 0.1) is 23.2 Å². The van der Waals surface area contributed by atoms with E-state index in [1.807, 2.05) is 30.3 Å². The Morgan fingerprint density at radius 2 is 1.90 bits per heavy atom. The molecule has 4 nitrogen and oxygen atoms in total. The van der Waals surface area contributed by atoms with Crippen molar-refractivity contribution in [3.63, 3.8) is 0 Å². The number of hydrogen-bond donors (Lipinski definition) is 1. The van der Waals surface area contributed by atoms with E-state index >= 15 is 0 Å². The van der Waals surface area contributed by atoms with Crippen molar-refractivity contribution in [1.82, 2.24) is 4.98 Å². The van der Waals surface area contributed by atoms with Crippen molar-refractivity contribution in [2.75, 3.05) is 0 Å². The van der Waals surface area contributed by atoms with Crippen molar-refractivity contribution in [1.29, 1.82) is 5.26 Å². The molecule has 1 aromatic heterocycles. The van der Waals surface area contributed by atoms with Crippen molar-refractivity contribution in [2.45, 2.75) is 23.5 Å². The van der Waals surface area contributed by atoms with Gasteiger partial charge in [0.1, 0.15) is 11.4 Å². The van der Waals surface area contributed by atoms with E-state index in [4.69, 9.17) is 16.3 Å². The number of nitrogens with zero attached hydrogens (tertiary/aromatic N) is 2. The molecule has 5 heteroatoms. The van der Waals surface area contributed by atoms with Gasteiger partial charge in [-0.05, 0) is 35.6 Å². The Balaban J connectivity index is 1.64. The average Bonchev–Trinajstić information content (AvgIpc) is 3.44. The predicted molar refractivity (Wildman–Crippen MR) is 107 cm³/mol. The summed E-state index contributed by atoms with van der Waals surface area (Å²) < 4.78 is 6.65. The first-order chi connectivity index (χ1) is 14.1. The van der Waals surface area contributed by atoms with E-state index in [0.717, 1.165) is 17.5 Å². The van der Waals surface area contributed by atoms with E-state index in [-0.39, 0.29) is 11.8 Å². The number of fused-ring (bicyclic) bond motifs is 5. The van der Waals surface area contributed by atoms with Crippen LogP contribution >= 0.6 is 11.6 Å². The molecule has 6 rings (SSSR count). The Bertz CT molecular complexity index is 1170. The lowest BCUT2D eigenvalue weighted by molar-refractivity contribution is -0.127. The molecule has 142 valence electrons. The number of halogens is 1. The molecule has 2 heterocycles. The molecule has 3 aromatic rings. The van der Waals surface area contributed by atoms with Gasteiger partial charge >= 0.3 is 0 Å². The van der Waals surface area contributed by atoms with Gasteiger partial charge in [-0.3, -0.25) is 4.98 Å².